The lowest BCUT2D eigenvalue weighted by molar-refractivity contribution is -0.139. The van der Waals surface area contributed by atoms with Gasteiger partial charge in [0, 0.05) is 12.6 Å². The van der Waals surface area contributed by atoms with Crippen molar-refractivity contribution in [1.82, 2.24) is 10.2 Å². The third-order valence-electron chi connectivity index (χ3n) is 6.07. The molecule has 2 amide bonds. The first-order valence-electron chi connectivity index (χ1n) is 12.5. The number of sulfonamides is 1. The van der Waals surface area contributed by atoms with Gasteiger partial charge in [-0.3, -0.25) is 13.9 Å². The van der Waals surface area contributed by atoms with Gasteiger partial charge in [0.15, 0.2) is 0 Å². The van der Waals surface area contributed by atoms with E-state index >= 15 is 0 Å². The highest BCUT2D eigenvalue weighted by atomic mass is 35.5. The Hall–Kier alpha value is -3.56. The summed E-state index contributed by atoms with van der Waals surface area (Å²) < 4.78 is 33.8. The van der Waals surface area contributed by atoms with Crippen molar-refractivity contribution in [3.05, 3.63) is 88.9 Å². The molecule has 208 valence electrons. The van der Waals surface area contributed by atoms with E-state index in [4.69, 9.17) is 16.3 Å². The number of nitrogens with zero attached hydrogens (tertiary/aromatic N) is 2. The predicted octanol–water partition coefficient (Wildman–Crippen LogP) is 4.79. The molecule has 8 nitrogen and oxygen atoms in total. The molecule has 0 saturated heterocycles. The Labute approximate surface area is 235 Å². The summed E-state index contributed by atoms with van der Waals surface area (Å²) in [6.45, 7) is 6.80. The van der Waals surface area contributed by atoms with Crippen molar-refractivity contribution in [2.24, 2.45) is 0 Å². The van der Waals surface area contributed by atoms with E-state index in [2.05, 4.69) is 5.32 Å². The van der Waals surface area contributed by atoms with E-state index in [0.29, 0.717) is 5.75 Å². The lowest BCUT2D eigenvalue weighted by atomic mass is 10.1. The molecule has 0 spiro atoms. The highest BCUT2D eigenvalue weighted by molar-refractivity contribution is 7.92. The zero-order valence-electron chi connectivity index (χ0n) is 22.7. The van der Waals surface area contributed by atoms with Crippen molar-refractivity contribution in [3.63, 3.8) is 0 Å². The van der Waals surface area contributed by atoms with Gasteiger partial charge >= 0.3 is 0 Å². The number of amides is 2. The van der Waals surface area contributed by atoms with Gasteiger partial charge in [0.05, 0.1) is 22.7 Å². The number of hydrogen-bond donors (Lipinski definition) is 1. The van der Waals surface area contributed by atoms with Crippen LogP contribution in [0.2, 0.25) is 5.02 Å². The maximum absolute atomic E-state index is 13.9. The Morgan fingerprint density at radius 3 is 2.26 bits per heavy atom. The van der Waals surface area contributed by atoms with Gasteiger partial charge in [0.25, 0.3) is 10.0 Å². The molecule has 0 aliphatic heterocycles. The van der Waals surface area contributed by atoms with E-state index in [0.717, 1.165) is 15.4 Å². The normalized spacial score (nSPS) is 12.1. The zero-order chi connectivity index (χ0) is 28.7. The van der Waals surface area contributed by atoms with Gasteiger partial charge < -0.3 is 15.0 Å². The number of halogens is 1. The molecular formula is C29H34ClN3O5S. The Morgan fingerprint density at radius 1 is 0.974 bits per heavy atom. The number of aryl methyl sites for hydroxylation is 1. The monoisotopic (exact) mass is 571 g/mol. The highest BCUT2D eigenvalue weighted by Crippen LogP contribution is 2.32. The van der Waals surface area contributed by atoms with E-state index in [-0.39, 0.29) is 34.1 Å². The molecule has 0 aliphatic rings. The van der Waals surface area contributed by atoms with E-state index in [1.54, 1.807) is 31.2 Å². The molecule has 3 rings (SSSR count). The van der Waals surface area contributed by atoms with Crippen molar-refractivity contribution in [1.29, 1.82) is 0 Å². The van der Waals surface area contributed by atoms with Crippen LogP contribution in [0.5, 0.6) is 5.75 Å². The molecule has 0 heterocycles. The van der Waals surface area contributed by atoms with Gasteiger partial charge in [-0.15, -0.1) is 0 Å². The second-order valence-corrected chi connectivity index (χ2v) is 11.8. The van der Waals surface area contributed by atoms with Crippen LogP contribution in [-0.2, 0) is 26.2 Å². The Balaban J connectivity index is 2.06. The lowest BCUT2D eigenvalue weighted by Gasteiger charge is -2.32. The fraction of sp³-hybridized carbons (Fsp3) is 0.310. The summed E-state index contributed by atoms with van der Waals surface area (Å²) >= 11 is 6.34. The number of rotatable bonds is 11. The largest absolute Gasteiger partial charge is 0.495 e. The first-order valence-corrected chi connectivity index (χ1v) is 14.3. The number of ether oxygens (including phenoxy) is 1. The molecule has 0 radical (unpaired) electrons. The Bertz CT molecular complexity index is 1410. The van der Waals surface area contributed by atoms with Crippen LogP contribution in [0.4, 0.5) is 5.69 Å². The lowest BCUT2D eigenvalue weighted by Crippen LogP contribution is -2.52. The van der Waals surface area contributed by atoms with Gasteiger partial charge in [-0.1, -0.05) is 59.6 Å². The second kappa shape index (κ2) is 13.0. The molecule has 3 aromatic rings. The number of hydrogen-bond acceptors (Lipinski definition) is 5. The smallest absolute Gasteiger partial charge is 0.264 e. The minimum atomic E-state index is -4.18. The molecule has 10 heteroatoms. The summed E-state index contributed by atoms with van der Waals surface area (Å²) in [6, 6.07) is 19.0. The molecule has 0 aliphatic carbocycles. The molecule has 0 aromatic heterocycles. The van der Waals surface area contributed by atoms with Crippen LogP contribution < -0.4 is 14.4 Å². The van der Waals surface area contributed by atoms with Crippen molar-refractivity contribution >= 4 is 39.1 Å². The maximum Gasteiger partial charge on any atom is 0.264 e. The van der Waals surface area contributed by atoms with Gasteiger partial charge in [-0.2, -0.15) is 0 Å². The number of nitrogens with one attached hydrogen (secondary N) is 1. The predicted molar refractivity (Wildman–Crippen MR) is 153 cm³/mol. The molecule has 3 aromatic carbocycles. The average molecular weight is 572 g/mol. The summed E-state index contributed by atoms with van der Waals surface area (Å²) in [4.78, 5) is 28.3. The average Bonchev–Trinajstić information content (AvgIpc) is 2.90. The topological polar surface area (TPSA) is 96.0 Å². The molecule has 0 fully saturated rings. The highest BCUT2D eigenvalue weighted by Gasteiger charge is 2.33. The summed E-state index contributed by atoms with van der Waals surface area (Å²) in [7, 11) is -2.72. The molecule has 39 heavy (non-hydrogen) atoms. The van der Waals surface area contributed by atoms with Crippen LogP contribution >= 0.6 is 11.6 Å². The Kier molecular flexibility index (Phi) is 9.99. The zero-order valence-corrected chi connectivity index (χ0v) is 24.3. The number of carbonyl (C=O) groups is 2. The standard InChI is InChI=1S/C29H34ClN3O5S/c1-20(2)31-29(35)22(4)32(18-23-11-9-10-21(3)16-23)28(34)19-33(24-14-15-27(38-5)26(30)17-24)39(36,37)25-12-7-6-8-13-25/h6-17,20,22H,18-19H2,1-5H3,(H,31,35). The summed E-state index contributed by atoms with van der Waals surface area (Å²) in [6.07, 6.45) is 0. The summed E-state index contributed by atoms with van der Waals surface area (Å²) in [5.41, 5.74) is 2.01. The first-order chi connectivity index (χ1) is 18.4. The van der Waals surface area contributed by atoms with Crippen LogP contribution in [0.1, 0.15) is 31.9 Å². The van der Waals surface area contributed by atoms with E-state index in [1.807, 2.05) is 45.0 Å². The molecule has 0 bridgehead atoms. The minimum absolute atomic E-state index is 0.0144. The maximum atomic E-state index is 13.9. The van der Waals surface area contributed by atoms with E-state index in [1.165, 1.54) is 36.3 Å². The van der Waals surface area contributed by atoms with E-state index < -0.39 is 28.5 Å². The van der Waals surface area contributed by atoms with Gasteiger partial charge in [0.1, 0.15) is 18.3 Å². The minimum Gasteiger partial charge on any atom is -0.495 e. The number of carbonyl (C=O) groups excluding carboxylic acids is 2. The molecule has 0 saturated carbocycles. The number of anilines is 1. The second-order valence-electron chi connectivity index (χ2n) is 9.49. The van der Waals surface area contributed by atoms with Crippen molar-refractivity contribution in [3.8, 4) is 5.75 Å². The van der Waals surface area contributed by atoms with Crippen molar-refractivity contribution in [2.45, 2.75) is 51.2 Å². The summed E-state index contributed by atoms with van der Waals surface area (Å²) in [5, 5.41) is 3.03. The molecular weight excluding hydrogens is 538 g/mol. The molecule has 1 unspecified atom stereocenters. The van der Waals surface area contributed by atoms with Crippen molar-refractivity contribution in [2.75, 3.05) is 18.0 Å². The van der Waals surface area contributed by atoms with Gasteiger partial charge in [-0.05, 0) is 63.6 Å². The fourth-order valence-corrected chi connectivity index (χ4v) is 5.73. The van der Waals surface area contributed by atoms with E-state index in [9.17, 15) is 18.0 Å². The van der Waals surface area contributed by atoms with Gasteiger partial charge in [0.2, 0.25) is 11.8 Å². The van der Waals surface area contributed by atoms with Crippen LogP contribution in [0.15, 0.2) is 77.7 Å². The van der Waals surface area contributed by atoms with Crippen LogP contribution in [0.3, 0.4) is 0 Å². The quantitative estimate of drug-likeness (QED) is 0.357. The third-order valence-corrected chi connectivity index (χ3v) is 8.15. The molecule has 1 atom stereocenters. The van der Waals surface area contributed by atoms with Crippen LogP contribution in [0.25, 0.3) is 0 Å². The summed E-state index contributed by atoms with van der Waals surface area (Å²) in [5.74, 6) is -0.519. The number of methoxy groups -OCH3 is 1. The van der Waals surface area contributed by atoms with Crippen molar-refractivity contribution < 1.29 is 22.7 Å². The Morgan fingerprint density at radius 2 is 1.67 bits per heavy atom. The third kappa shape index (κ3) is 7.52. The number of benzene rings is 3. The fourth-order valence-electron chi connectivity index (χ4n) is 4.05. The van der Waals surface area contributed by atoms with Crippen LogP contribution in [-0.4, -0.2) is 50.9 Å². The molecule has 1 N–H and O–H groups in total. The van der Waals surface area contributed by atoms with Crippen LogP contribution in [0, 0.1) is 6.92 Å². The van der Waals surface area contributed by atoms with Gasteiger partial charge in [-0.25, -0.2) is 8.42 Å². The first kappa shape index (κ1) is 30.0. The SMILES string of the molecule is COc1ccc(N(CC(=O)N(Cc2cccc(C)c2)C(C)C(=O)NC(C)C)S(=O)(=O)c2ccccc2)cc1Cl.